The quantitative estimate of drug-likeness (QED) is 0.727. The van der Waals surface area contributed by atoms with Gasteiger partial charge in [0, 0.05) is 11.6 Å². The summed E-state index contributed by atoms with van der Waals surface area (Å²) in [7, 11) is 0. The molecular weight excluding hydrogens is 320 g/mol. The number of rotatable bonds is 6. The van der Waals surface area contributed by atoms with Gasteiger partial charge in [-0.25, -0.2) is 9.78 Å². The Bertz CT molecular complexity index is 746. The van der Waals surface area contributed by atoms with Gasteiger partial charge in [-0.2, -0.15) is 0 Å². The van der Waals surface area contributed by atoms with E-state index >= 15 is 0 Å². The van der Waals surface area contributed by atoms with Crippen molar-refractivity contribution in [3.63, 3.8) is 0 Å². The maximum Gasteiger partial charge on any atom is 0.408 e. The van der Waals surface area contributed by atoms with Crippen LogP contribution in [0.5, 0.6) is 0 Å². The number of hydrogen-bond acceptors (Lipinski definition) is 4. The lowest BCUT2D eigenvalue weighted by Crippen LogP contribution is -2.30. The van der Waals surface area contributed by atoms with Gasteiger partial charge in [0.1, 0.15) is 11.6 Å². The van der Waals surface area contributed by atoms with Gasteiger partial charge in [0.2, 0.25) is 0 Å². The molecule has 1 unspecified atom stereocenters. The Morgan fingerprint density at radius 1 is 1.04 bits per heavy atom. The molecule has 122 valence electrons. The van der Waals surface area contributed by atoms with Gasteiger partial charge in [-0.15, -0.1) is 11.3 Å². The zero-order valence-corrected chi connectivity index (χ0v) is 13.9. The largest absolute Gasteiger partial charge is 0.445 e. The number of hydrogen-bond donors (Lipinski definition) is 1. The zero-order chi connectivity index (χ0) is 16.6. The minimum Gasteiger partial charge on any atom is -0.445 e. The van der Waals surface area contributed by atoms with E-state index in [2.05, 4.69) is 10.3 Å². The molecule has 24 heavy (non-hydrogen) atoms. The summed E-state index contributed by atoms with van der Waals surface area (Å²) in [5.41, 5.74) is 2.10. The number of alkyl carbamates (subject to hydrolysis) is 1. The smallest absolute Gasteiger partial charge is 0.408 e. The average molecular weight is 338 g/mol. The van der Waals surface area contributed by atoms with Crippen LogP contribution in [0.1, 0.15) is 22.2 Å². The maximum atomic E-state index is 12.2. The van der Waals surface area contributed by atoms with Gasteiger partial charge in [-0.3, -0.25) is 0 Å². The topological polar surface area (TPSA) is 51.2 Å². The number of amides is 1. The first-order valence-corrected chi connectivity index (χ1v) is 8.60. The summed E-state index contributed by atoms with van der Waals surface area (Å²) in [5, 5.41) is 5.70. The van der Waals surface area contributed by atoms with Crippen molar-refractivity contribution in [2.75, 3.05) is 0 Å². The Kier molecular flexibility index (Phi) is 5.58. The molecule has 0 aliphatic rings. The highest BCUT2D eigenvalue weighted by molar-refractivity contribution is 7.09. The van der Waals surface area contributed by atoms with Gasteiger partial charge in [0.05, 0.1) is 6.04 Å². The van der Waals surface area contributed by atoms with E-state index in [1.54, 1.807) is 6.20 Å². The molecule has 3 rings (SSSR count). The van der Waals surface area contributed by atoms with E-state index in [0.29, 0.717) is 6.42 Å². The maximum absolute atomic E-state index is 12.2. The highest BCUT2D eigenvalue weighted by Crippen LogP contribution is 2.20. The van der Waals surface area contributed by atoms with Crippen LogP contribution in [0.2, 0.25) is 0 Å². The first kappa shape index (κ1) is 16.2. The Hall–Kier alpha value is -2.66. The van der Waals surface area contributed by atoms with E-state index in [9.17, 15) is 4.79 Å². The summed E-state index contributed by atoms with van der Waals surface area (Å²) >= 11 is 1.53. The van der Waals surface area contributed by atoms with E-state index in [-0.39, 0.29) is 12.6 Å². The van der Waals surface area contributed by atoms with E-state index in [4.69, 9.17) is 4.74 Å². The minimum atomic E-state index is -0.435. The summed E-state index contributed by atoms with van der Waals surface area (Å²) in [6.07, 6.45) is 1.99. The Morgan fingerprint density at radius 2 is 1.71 bits per heavy atom. The molecule has 1 atom stereocenters. The lowest BCUT2D eigenvalue weighted by atomic mass is 10.1. The number of carbonyl (C=O) groups excluding carboxylic acids is 1. The van der Waals surface area contributed by atoms with Gasteiger partial charge < -0.3 is 10.1 Å². The van der Waals surface area contributed by atoms with E-state index < -0.39 is 6.09 Å². The molecule has 5 heteroatoms. The summed E-state index contributed by atoms with van der Waals surface area (Å²) in [4.78, 5) is 16.5. The molecule has 0 saturated carbocycles. The van der Waals surface area contributed by atoms with Crippen LogP contribution in [0.4, 0.5) is 4.79 Å². The third kappa shape index (κ3) is 4.67. The number of carbonyl (C=O) groups is 1. The van der Waals surface area contributed by atoms with Crippen molar-refractivity contribution >= 4 is 17.4 Å². The number of thiazole rings is 1. The van der Waals surface area contributed by atoms with Gasteiger partial charge in [-0.05, 0) is 17.5 Å². The van der Waals surface area contributed by atoms with Crippen molar-refractivity contribution in [1.82, 2.24) is 10.3 Å². The van der Waals surface area contributed by atoms with Crippen LogP contribution < -0.4 is 5.32 Å². The number of nitrogens with one attached hydrogen (secondary N) is 1. The molecule has 0 bridgehead atoms. The lowest BCUT2D eigenvalue weighted by molar-refractivity contribution is 0.135. The first-order valence-electron chi connectivity index (χ1n) is 7.72. The molecule has 1 aromatic heterocycles. The van der Waals surface area contributed by atoms with Crippen molar-refractivity contribution in [1.29, 1.82) is 0 Å². The van der Waals surface area contributed by atoms with Gasteiger partial charge in [0.25, 0.3) is 0 Å². The van der Waals surface area contributed by atoms with Crippen molar-refractivity contribution in [2.45, 2.75) is 19.1 Å². The van der Waals surface area contributed by atoms with Crippen molar-refractivity contribution in [2.24, 2.45) is 0 Å². The van der Waals surface area contributed by atoms with Crippen molar-refractivity contribution in [3.8, 4) is 0 Å². The molecule has 0 saturated heterocycles. The molecule has 4 nitrogen and oxygen atoms in total. The highest BCUT2D eigenvalue weighted by atomic mass is 32.1. The normalized spacial score (nSPS) is 11.7. The van der Waals surface area contributed by atoms with Crippen LogP contribution in [0.25, 0.3) is 0 Å². The van der Waals surface area contributed by atoms with Crippen LogP contribution in [0.3, 0.4) is 0 Å². The van der Waals surface area contributed by atoms with Gasteiger partial charge in [0.15, 0.2) is 0 Å². The molecule has 1 N–H and O–H groups in total. The van der Waals surface area contributed by atoms with Crippen LogP contribution >= 0.6 is 11.3 Å². The average Bonchev–Trinajstić information content (AvgIpc) is 3.16. The summed E-state index contributed by atoms with van der Waals surface area (Å²) in [5.74, 6) is 0. The van der Waals surface area contributed by atoms with E-state index in [1.807, 2.05) is 66.0 Å². The summed E-state index contributed by atoms with van der Waals surface area (Å²) in [6, 6.07) is 19.5. The second kappa shape index (κ2) is 8.26. The van der Waals surface area contributed by atoms with Crippen molar-refractivity contribution < 1.29 is 9.53 Å². The fourth-order valence-corrected chi connectivity index (χ4v) is 3.05. The molecule has 1 amide bonds. The second-order valence-electron chi connectivity index (χ2n) is 5.32. The van der Waals surface area contributed by atoms with Gasteiger partial charge in [-0.1, -0.05) is 60.7 Å². The summed E-state index contributed by atoms with van der Waals surface area (Å²) in [6.45, 7) is 0.253. The molecule has 0 spiro atoms. The molecule has 0 aliphatic carbocycles. The number of aromatic nitrogens is 1. The molecule has 0 fully saturated rings. The van der Waals surface area contributed by atoms with Crippen LogP contribution in [-0.2, 0) is 17.8 Å². The monoisotopic (exact) mass is 338 g/mol. The predicted octanol–water partition coefficient (Wildman–Crippen LogP) is 4.35. The Morgan fingerprint density at radius 3 is 2.33 bits per heavy atom. The van der Waals surface area contributed by atoms with Gasteiger partial charge >= 0.3 is 6.09 Å². The predicted molar refractivity (Wildman–Crippen MR) is 94.8 cm³/mol. The van der Waals surface area contributed by atoms with Crippen LogP contribution in [0.15, 0.2) is 72.2 Å². The van der Waals surface area contributed by atoms with Crippen LogP contribution in [0, 0.1) is 0 Å². The number of nitrogens with zero attached hydrogens (tertiary/aromatic N) is 1. The second-order valence-corrected chi connectivity index (χ2v) is 6.24. The lowest BCUT2D eigenvalue weighted by Gasteiger charge is -2.16. The molecule has 1 heterocycles. The molecule has 0 radical (unpaired) electrons. The minimum absolute atomic E-state index is 0.198. The first-order chi connectivity index (χ1) is 11.8. The fourth-order valence-electron chi connectivity index (χ4n) is 2.36. The SMILES string of the molecule is O=C(NC(Cc1ccccc1)c1nccs1)OCc1ccccc1. The number of ether oxygens (including phenoxy) is 1. The fraction of sp³-hybridized carbons (Fsp3) is 0.158. The summed E-state index contributed by atoms with van der Waals surface area (Å²) < 4.78 is 5.32. The van der Waals surface area contributed by atoms with E-state index in [1.165, 1.54) is 11.3 Å². The Balaban J connectivity index is 1.62. The molecule has 0 aliphatic heterocycles. The third-order valence-electron chi connectivity index (χ3n) is 3.54. The number of benzene rings is 2. The standard InChI is InChI=1S/C19H18N2O2S/c22-19(23-14-16-9-5-2-6-10-16)21-17(18-20-11-12-24-18)13-15-7-3-1-4-8-15/h1-12,17H,13-14H2,(H,21,22). The van der Waals surface area contributed by atoms with E-state index in [0.717, 1.165) is 16.1 Å². The molecular formula is C19H18N2O2S. The van der Waals surface area contributed by atoms with Crippen molar-refractivity contribution in [3.05, 3.63) is 88.4 Å². The molecule has 3 aromatic rings. The highest BCUT2D eigenvalue weighted by Gasteiger charge is 2.18. The Labute approximate surface area is 145 Å². The zero-order valence-electron chi connectivity index (χ0n) is 13.1. The third-order valence-corrected chi connectivity index (χ3v) is 4.43. The van der Waals surface area contributed by atoms with Crippen LogP contribution in [-0.4, -0.2) is 11.1 Å². The molecule has 2 aromatic carbocycles.